The minimum absolute atomic E-state index is 0.434. The van der Waals surface area contributed by atoms with E-state index in [1.807, 2.05) is 24.3 Å². The first-order chi connectivity index (χ1) is 14.2. The maximum absolute atomic E-state index is 6.19. The second kappa shape index (κ2) is 7.40. The number of hydrogen-bond acceptors (Lipinski definition) is 6. The van der Waals surface area contributed by atoms with Crippen molar-refractivity contribution in [2.75, 3.05) is 37.8 Å². The Bertz CT molecular complexity index is 1140. The van der Waals surface area contributed by atoms with E-state index in [0.29, 0.717) is 18.4 Å². The molecule has 29 heavy (non-hydrogen) atoms. The van der Waals surface area contributed by atoms with Crippen molar-refractivity contribution in [2.24, 2.45) is 5.92 Å². The highest BCUT2D eigenvalue weighted by atomic mass is 16.5. The number of hydrogen-bond donors (Lipinski definition) is 0. The van der Waals surface area contributed by atoms with Crippen LogP contribution in [0.5, 0.6) is 5.88 Å². The summed E-state index contributed by atoms with van der Waals surface area (Å²) >= 11 is 0. The summed E-state index contributed by atoms with van der Waals surface area (Å²) in [6.45, 7) is 8.11. The standard InChI is InChI=1S/C22H24N4O3/c1-15(2)14-28-22-7-6-21-23-13-18(26(21)24-22)20-12-16-17(4-3-5-19(16)29-20)25-8-10-27-11-9-25/h3-7,12-13,15H,8-11,14H2,1-2H3. The molecule has 0 radical (unpaired) electrons. The van der Waals surface area contributed by atoms with E-state index in [0.717, 1.165) is 54.4 Å². The highest BCUT2D eigenvalue weighted by molar-refractivity contribution is 5.94. The van der Waals surface area contributed by atoms with E-state index in [-0.39, 0.29) is 0 Å². The van der Waals surface area contributed by atoms with E-state index in [4.69, 9.17) is 13.9 Å². The molecule has 4 heterocycles. The number of morpholine rings is 1. The van der Waals surface area contributed by atoms with Gasteiger partial charge >= 0.3 is 0 Å². The van der Waals surface area contributed by atoms with Gasteiger partial charge in [-0.15, -0.1) is 5.10 Å². The first-order valence-corrected chi connectivity index (χ1v) is 10.0. The molecule has 3 aromatic heterocycles. The zero-order valence-electron chi connectivity index (χ0n) is 16.7. The predicted molar refractivity (Wildman–Crippen MR) is 112 cm³/mol. The highest BCUT2D eigenvalue weighted by Crippen LogP contribution is 2.34. The number of rotatable bonds is 5. The van der Waals surface area contributed by atoms with Crippen LogP contribution in [0.4, 0.5) is 5.69 Å². The van der Waals surface area contributed by atoms with Crippen molar-refractivity contribution in [3.05, 3.63) is 42.6 Å². The predicted octanol–water partition coefficient (Wildman–Crippen LogP) is 4.01. The molecule has 1 fully saturated rings. The fourth-order valence-electron chi connectivity index (χ4n) is 3.61. The first-order valence-electron chi connectivity index (χ1n) is 10.0. The molecule has 1 aliphatic rings. The molecule has 1 aliphatic heterocycles. The minimum atomic E-state index is 0.434. The molecule has 7 heteroatoms. The van der Waals surface area contributed by atoms with E-state index in [1.54, 1.807) is 10.7 Å². The van der Waals surface area contributed by atoms with Crippen LogP contribution in [0.3, 0.4) is 0 Å². The number of furan rings is 1. The summed E-state index contributed by atoms with van der Waals surface area (Å²) in [6, 6.07) is 12.0. The molecular weight excluding hydrogens is 368 g/mol. The number of anilines is 1. The quantitative estimate of drug-likeness (QED) is 0.511. The Morgan fingerprint density at radius 1 is 1.14 bits per heavy atom. The molecule has 0 amide bonds. The second-order valence-electron chi connectivity index (χ2n) is 7.69. The van der Waals surface area contributed by atoms with Crippen LogP contribution in [0.1, 0.15) is 13.8 Å². The van der Waals surface area contributed by atoms with Gasteiger partial charge in [0.25, 0.3) is 0 Å². The molecule has 0 aliphatic carbocycles. The molecule has 5 rings (SSSR count). The number of ether oxygens (including phenoxy) is 2. The molecule has 7 nitrogen and oxygen atoms in total. The van der Waals surface area contributed by atoms with Gasteiger partial charge in [-0.05, 0) is 30.2 Å². The maximum Gasteiger partial charge on any atom is 0.231 e. The van der Waals surface area contributed by atoms with Crippen molar-refractivity contribution in [1.29, 1.82) is 0 Å². The minimum Gasteiger partial charge on any atom is -0.476 e. The van der Waals surface area contributed by atoms with Crippen LogP contribution in [0, 0.1) is 5.92 Å². The smallest absolute Gasteiger partial charge is 0.231 e. The number of fused-ring (bicyclic) bond motifs is 2. The summed E-state index contributed by atoms with van der Waals surface area (Å²) in [6.07, 6.45) is 1.79. The Balaban J connectivity index is 1.55. The van der Waals surface area contributed by atoms with Crippen LogP contribution < -0.4 is 9.64 Å². The Hall–Kier alpha value is -3.06. The molecule has 1 aromatic carbocycles. The fourth-order valence-corrected chi connectivity index (χ4v) is 3.61. The summed E-state index contributed by atoms with van der Waals surface area (Å²) in [5.74, 6) is 1.75. The Kier molecular flexibility index (Phi) is 4.60. The monoisotopic (exact) mass is 392 g/mol. The van der Waals surface area contributed by atoms with Gasteiger partial charge in [0.05, 0.1) is 26.0 Å². The zero-order chi connectivity index (χ0) is 19.8. The number of nitrogens with zero attached hydrogens (tertiary/aromatic N) is 4. The van der Waals surface area contributed by atoms with Gasteiger partial charge < -0.3 is 18.8 Å². The Morgan fingerprint density at radius 3 is 2.83 bits per heavy atom. The van der Waals surface area contributed by atoms with Gasteiger partial charge in [0, 0.05) is 30.2 Å². The van der Waals surface area contributed by atoms with Crippen LogP contribution in [0.25, 0.3) is 28.1 Å². The summed E-state index contributed by atoms with van der Waals surface area (Å²) in [5, 5.41) is 5.70. The molecule has 0 spiro atoms. The molecule has 150 valence electrons. The van der Waals surface area contributed by atoms with Gasteiger partial charge in [-0.2, -0.15) is 0 Å². The van der Waals surface area contributed by atoms with Gasteiger partial charge in [0.1, 0.15) is 11.3 Å². The van der Waals surface area contributed by atoms with Gasteiger partial charge in [0.15, 0.2) is 11.4 Å². The Morgan fingerprint density at radius 2 is 2.00 bits per heavy atom. The topological polar surface area (TPSA) is 65.0 Å². The average molecular weight is 392 g/mol. The summed E-state index contributed by atoms with van der Waals surface area (Å²) < 4.78 is 19.2. The summed E-state index contributed by atoms with van der Waals surface area (Å²) in [7, 11) is 0. The number of aromatic nitrogens is 3. The lowest BCUT2D eigenvalue weighted by Gasteiger charge is -2.29. The molecule has 0 atom stereocenters. The van der Waals surface area contributed by atoms with E-state index >= 15 is 0 Å². The lowest BCUT2D eigenvalue weighted by atomic mass is 10.2. The number of imidazole rings is 1. The average Bonchev–Trinajstić information content (AvgIpc) is 3.36. The van der Waals surface area contributed by atoms with E-state index < -0.39 is 0 Å². The van der Waals surface area contributed by atoms with E-state index in [9.17, 15) is 0 Å². The fraction of sp³-hybridized carbons (Fsp3) is 0.364. The lowest BCUT2D eigenvalue weighted by Crippen LogP contribution is -2.36. The molecule has 4 aromatic rings. The molecule has 0 unspecified atom stereocenters. The lowest BCUT2D eigenvalue weighted by molar-refractivity contribution is 0.123. The SMILES string of the molecule is CC(C)COc1ccc2ncc(-c3cc4c(N5CCOCC5)cccc4o3)n2n1. The molecule has 1 saturated heterocycles. The zero-order valence-corrected chi connectivity index (χ0v) is 16.7. The van der Waals surface area contributed by atoms with Crippen LogP contribution in [-0.2, 0) is 4.74 Å². The van der Waals surface area contributed by atoms with Crippen molar-refractivity contribution in [3.63, 3.8) is 0 Å². The van der Waals surface area contributed by atoms with E-state index in [2.05, 4.69) is 41.0 Å². The van der Waals surface area contributed by atoms with Crippen molar-refractivity contribution in [1.82, 2.24) is 14.6 Å². The van der Waals surface area contributed by atoms with Crippen molar-refractivity contribution >= 4 is 22.3 Å². The molecular formula is C22H24N4O3. The first kappa shape index (κ1) is 18.0. The van der Waals surface area contributed by atoms with Crippen molar-refractivity contribution in [2.45, 2.75) is 13.8 Å². The summed E-state index contributed by atoms with van der Waals surface area (Å²) in [5.41, 5.74) is 3.58. The summed E-state index contributed by atoms with van der Waals surface area (Å²) in [4.78, 5) is 6.81. The van der Waals surface area contributed by atoms with Gasteiger partial charge in [-0.25, -0.2) is 9.50 Å². The van der Waals surface area contributed by atoms with Gasteiger partial charge in [0.2, 0.25) is 5.88 Å². The highest BCUT2D eigenvalue weighted by Gasteiger charge is 2.18. The third-order valence-electron chi connectivity index (χ3n) is 5.05. The Labute approximate surface area is 168 Å². The van der Waals surface area contributed by atoms with Crippen LogP contribution in [0.2, 0.25) is 0 Å². The molecule has 0 saturated carbocycles. The second-order valence-corrected chi connectivity index (χ2v) is 7.69. The normalized spacial score (nSPS) is 14.9. The van der Waals surface area contributed by atoms with Gasteiger partial charge in [-0.3, -0.25) is 0 Å². The van der Waals surface area contributed by atoms with E-state index in [1.165, 1.54) is 5.69 Å². The third kappa shape index (κ3) is 3.42. The van der Waals surface area contributed by atoms with Crippen molar-refractivity contribution < 1.29 is 13.9 Å². The number of benzene rings is 1. The molecule has 0 bridgehead atoms. The van der Waals surface area contributed by atoms with Crippen molar-refractivity contribution in [3.8, 4) is 17.3 Å². The van der Waals surface area contributed by atoms with Crippen LogP contribution in [-0.4, -0.2) is 47.5 Å². The maximum atomic E-state index is 6.19. The molecule has 0 N–H and O–H groups in total. The van der Waals surface area contributed by atoms with Crippen LogP contribution >= 0.6 is 0 Å². The van der Waals surface area contributed by atoms with Gasteiger partial charge in [-0.1, -0.05) is 19.9 Å². The largest absolute Gasteiger partial charge is 0.476 e. The van der Waals surface area contributed by atoms with Crippen LogP contribution in [0.15, 0.2) is 47.0 Å². The third-order valence-corrected chi connectivity index (χ3v) is 5.05.